The van der Waals surface area contributed by atoms with Gasteiger partial charge in [-0.25, -0.2) is 4.99 Å². The van der Waals surface area contributed by atoms with Crippen LogP contribution >= 0.6 is 0 Å². The maximum absolute atomic E-state index is 5.96. The summed E-state index contributed by atoms with van der Waals surface area (Å²) in [4.78, 5) is 4.31. The van der Waals surface area contributed by atoms with E-state index in [4.69, 9.17) is 5.73 Å². The van der Waals surface area contributed by atoms with Crippen molar-refractivity contribution in [2.24, 2.45) is 10.7 Å². The minimum absolute atomic E-state index is 0.532. The summed E-state index contributed by atoms with van der Waals surface area (Å²) in [6.45, 7) is 7.82. The van der Waals surface area contributed by atoms with Crippen molar-refractivity contribution in [2.75, 3.05) is 0 Å². The van der Waals surface area contributed by atoms with Crippen LogP contribution in [0.25, 0.3) is 0 Å². The van der Waals surface area contributed by atoms with Gasteiger partial charge in [0.25, 0.3) is 0 Å². The lowest BCUT2D eigenvalue weighted by atomic mass is 10.1. The van der Waals surface area contributed by atoms with E-state index in [1.165, 1.54) is 18.4 Å². The molecule has 0 bridgehead atoms. The van der Waals surface area contributed by atoms with Gasteiger partial charge in [-0.05, 0) is 31.4 Å². The molecule has 0 spiro atoms. The molecule has 0 saturated heterocycles. The van der Waals surface area contributed by atoms with E-state index in [1.54, 1.807) is 6.08 Å². The average Bonchev–Trinajstić information content (AvgIpc) is 2.42. The van der Waals surface area contributed by atoms with Gasteiger partial charge in [0.15, 0.2) is 0 Å². The zero-order valence-corrected chi connectivity index (χ0v) is 11.3. The number of nitrogens with zero attached hydrogens (tertiary/aromatic N) is 1. The summed E-state index contributed by atoms with van der Waals surface area (Å²) < 4.78 is 0. The Morgan fingerprint density at radius 2 is 2.00 bits per heavy atom. The second kappa shape index (κ2) is 7.49. The van der Waals surface area contributed by atoms with Gasteiger partial charge in [0.1, 0.15) is 5.84 Å². The molecule has 2 N–H and O–H groups in total. The van der Waals surface area contributed by atoms with E-state index in [9.17, 15) is 0 Å². The summed E-state index contributed by atoms with van der Waals surface area (Å²) in [5.41, 5.74) is 9.06. The second-order valence-corrected chi connectivity index (χ2v) is 4.22. The molecular weight excluding hydrogens is 220 g/mol. The van der Waals surface area contributed by atoms with Crippen LogP contribution in [0.15, 0.2) is 53.7 Å². The van der Waals surface area contributed by atoms with E-state index in [1.807, 2.05) is 25.1 Å². The summed E-state index contributed by atoms with van der Waals surface area (Å²) in [6, 6.07) is 8.30. The Hall–Kier alpha value is -1.83. The third kappa shape index (κ3) is 4.21. The Kier molecular flexibility index (Phi) is 5.92. The van der Waals surface area contributed by atoms with Gasteiger partial charge in [-0.15, -0.1) is 0 Å². The molecule has 0 saturated carbocycles. The van der Waals surface area contributed by atoms with Gasteiger partial charge in [0.2, 0.25) is 0 Å². The van der Waals surface area contributed by atoms with Crippen LogP contribution in [0.2, 0.25) is 0 Å². The fourth-order valence-electron chi connectivity index (χ4n) is 1.65. The van der Waals surface area contributed by atoms with Gasteiger partial charge < -0.3 is 5.73 Å². The van der Waals surface area contributed by atoms with Crippen LogP contribution in [0.4, 0.5) is 0 Å². The first-order chi connectivity index (χ1) is 8.71. The third-order valence-electron chi connectivity index (χ3n) is 2.82. The average molecular weight is 242 g/mol. The molecule has 0 aliphatic carbocycles. The van der Waals surface area contributed by atoms with Gasteiger partial charge >= 0.3 is 0 Å². The van der Waals surface area contributed by atoms with Crippen molar-refractivity contribution < 1.29 is 0 Å². The molecule has 0 fully saturated rings. The smallest absolute Gasteiger partial charge is 0.131 e. The van der Waals surface area contributed by atoms with E-state index >= 15 is 0 Å². The molecule has 1 aromatic carbocycles. The Morgan fingerprint density at radius 1 is 1.33 bits per heavy atom. The molecular formula is C16H22N2. The topological polar surface area (TPSA) is 38.4 Å². The van der Waals surface area contributed by atoms with Crippen LogP contribution < -0.4 is 5.73 Å². The highest BCUT2D eigenvalue weighted by Crippen LogP contribution is 2.09. The number of hydrogen-bond acceptors (Lipinski definition) is 1. The molecule has 18 heavy (non-hydrogen) atoms. The van der Waals surface area contributed by atoms with Gasteiger partial charge in [0.05, 0.1) is 5.70 Å². The highest BCUT2D eigenvalue weighted by molar-refractivity contribution is 5.98. The molecule has 0 aromatic heterocycles. The highest BCUT2D eigenvalue weighted by Gasteiger charge is 1.99. The van der Waals surface area contributed by atoms with E-state index in [2.05, 4.69) is 30.6 Å². The largest absolute Gasteiger partial charge is 0.383 e. The molecule has 96 valence electrons. The maximum atomic E-state index is 5.96. The lowest BCUT2D eigenvalue weighted by Gasteiger charge is -2.04. The molecule has 0 heterocycles. The van der Waals surface area contributed by atoms with Crippen molar-refractivity contribution in [1.82, 2.24) is 0 Å². The Bertz CT molecular complexity index is 439. The zero-order valence-electron chi connectivity index (χ0n) is 11.3. The number of unbranched alkanes of at least 4 members (excludes halogenated alkanes) is 1. The van der Waals surface area contributed by atoms with Crippen molar-refractivity contribution in [3.63, 3.8) is 0 Å². The molecule has 0 atom stereocenters. The molecule has 0 aliphatic heterocycles. The van der Waals surface area contributed by atoms with E-state index in [0.717, 1.165) is 17.7 Å². The van der Waals surface area contributed by atoms with Crippen molar-refractivity contribution in [3.05, 3.63) is 59.8 Å². The zero-order chi connectivity index (χ0) is 13.4. The number of benzene rings is 1. The monoisotopic (exact) mass is 242 g/mol. The van der Waals surface area contributed by atoms with E-state index in [0.29, 0.717) is 5.84 Å². The number of hydrogen-bond donors (Lipinski definition) is 1. The SMILES string of the molecule is C=C/C(=C\C)N=C(N)c1ccc(CCCC)cc1. The predicted octanol–water partition coefficient (Wildman–Crippen LogP) is 3.82. The minimum Gasteiger partial charge on any atom is -0.383 e. The van der Waals surface area contributed by atoms with Crippen LogP contribution in [0.5, 0.6) is 0 Å². The summed E-state index contributed by atoms with van der Waals surface area (Å²) in [7, 11) is 0. The van der Waals surface area contributed by atoms with Crippen LogP contribution in [0, 0.1) is 0 Å². The lowest BCUT2D eigenvalue weighted by Crippen LogP contribution is -2.13. The molecule has 0 aliphatic rings. The summed E-state index contributed by atoms with van der Waals surface area (Å²) in [5.74, 6) is 0.532. The Balaban J connectivity index is 2.81. The quantitative estimate of drug-likeness (QED) is 0.459. The van der Waals surface area contributed by atoms with Gasteiger partial charge in [-0.2, -0.15) is 0 Å². The van der Waals surface area contributed by atoms with Gasteiger partial charge in [-0.3, -0.25) is 0 Å². The number of rotatable bonds is 6. The third-order valence-corrected chi connectivity index (χ3v) is 2.82. The van der Waals surface area contributed by atoms with Crippen LogP contribution in [0.1, 0.15) is 37.8 Å². The fraction of sp³-hybridized carbons (Fsp3) is 0.312. The first-order valence-corrected chi connectivity index (χ1v) is 6.43. The predicted molar refractivity (Wildman–Crippen MR) is 79.7 cm³/mol. The number of aryl methyl sites for hydroxylation is 1. The lowest BCUT2D eigenvalue weighted by molar-refractivity contribution is 0.795. The Morgan fingerprint density at radius 3 is 2.50 bits per heavy atom. The summed E-state index contributed by atoms with van der Waals surface area (Å²) >= 11 is 0. The van der Waals surface area contributed by atoms with Crippen LogP contribution in [0.3, 0.4) is 0 Å². The van der Waals surface area contributed by atoms with E-state index < -0.39 is 0 Å². The number of amidine groups is 1. The van der Waals surface area contributed by atoms with E-state index in [-0.39, 0.29) is 0 Å². The summed E-state index contributed by atoms with van der Waals surface area (Å²) in [5, 5.41) is 0. The number of aliphatic imine (C=N–C) groups is 1. The van der Waals surface area contributed by atoms with Gasteiger partial charge in [-0.1, -0.05) is 50.3 Å². The maximum Gasteiger partial charge on any atom is 0.131 e. The van der Waals surface area contributed by atoms with Crippen molar-refractivity contribution in [1.29, 1.82) is 0 Å². The standard InChI is InChI=1S/C16H22N2/c1-4-7-8-13-9-11-14(12-10-13)16(17)18-15(5-2)6-3/h5-6,9-12H,2,4,7-8H2,1,3H3,(H2,17,18)/b15-6+. The number of nitrogens with two attached hydrogens (primary N) is 1. The number of allylic oxidation sites excluding steroid dienone is 2. The first kappa shape index (κ1) is 14.2. The first-order valence-electron chi connectivity index (χ1n) is 6.43. The minimum atomic E-state index is 0.532. The van der Waals surface area contributed by atoms with Crippen molar-refractivity contribution >= 4 is 5.84 Å². The van der Waals surface area contributed by atoms with Gasteiger partial charge in [0, 0.05) is 5.56 Å². The van der Waals surface area contributed by atoms with Crippen LogP contribution in [-0.2, 0) is 6.42 Å². The molecule has 1 aromatic rings. The van der Waals surface area contributed by atoms with Crippen molar-refractivity contribution in [2.45, 2.75) is 33.1 Å². The Labute approximate surface area is 110 Å². The molecule has 0 radical (unpaired) electrons. The molecule has 1 rings (SSSR count). The molecule has 0 amide bonds. The van der Waals surface area contributed by atoms with Crippen LogP contribution in [-0.4, -0.2) is 5.84 Å². The highest BCUT2D eigenvalue weighted by atomic mass is 14.9. The normalized spacial score (nSPS) is 12.6. The molecule has 2 heteroatoms. The fourth-order valence-corrected chi connectivity index (χ4v) is 1.65. The second-order valence-electron chi connectivity index (χ2n) is 4.22. The molecule has 0 unspecified atom stereocenters. The van der Waals surface area contributed by atoms with Crippen molar-refractivity contribution in [3.8, 4) is 0 Å². The summed E-state index contributed by atoms with van der Waals surface area (Å²) in [6.07, 6.45) is 7.15. The molecule has 2 nitrogen and oxygen atoms in total.